The minimum atomic E-state index is -1.11. The molecule has 5 heteroatoms. The molecule has 178 valence electrons. The van der Waals surface area contributed by atoms with Crippen LogP contribution >= 0.6 is 0 Å². The van der Waals surface area contributed by atoms with Crippen molar-refractivity contribution in [3.05, 3.63) is 11.6 Å². The summed E-state index contributed by atoms with van der Waals surface area (Å²) in [4.78, 5) is 24.3. The number of allylic oxidation sites excluding steroid dienone is 1. The second-order valence-corrected chi connectivity index (χ2v) is 9.49. The van der Waals surface area contributed by atoms with Crippen LogP contribution in [0.3, 0.4) is 0 Å². The van der Waals surface area contributed by atoms with Crippen LogP contribution in [0.4, 0.5) is 0 Å². The summed E-state index contributed by atoms with van der Waals surface area (Å²) in [5.74, 6) is -0.654. The number of carbonyl (C=O) groups excluding carboxylic acids is 2. The molecule has 1 atom stereocenters. The van der Waals surface area contributed by atoms with E-state index in [-0.39, 0.29) is 25.2 Å². The topological polar surface area (TPSA) is 72.8 Å². The number of ether oxygens (including phenoxy) is 2. The molecule has 0 aromatic rings. The average Bonchev–Trinajstić information content (AvgIpc) is 3.09. The maximum Gasteiger partial charge on any atom is 0.334 e. The second kappa shape index (κ2) is 15.4. The maximum atomic E-state index is 12.2. The van der Waals surface area contributed by atoms with E-state index in [1.807, 2.05) is 6.08 Å². The molecule has 5 nitrogen and oxygen atoms in total. The summed E-state index contributed by atoms with van der Waals surface area (Å²) in [6.07, 6.45) is 23.4. The zero-order valence-electron chi connectivity index (χ0n) is 19.5. The van der Waals surface area contributed by atoms with Crippen LogP contribution in [0.15, 0.2) is 11.6 Å². The van der Waals surface area contributed by atoms with Crippen LogP contribution in [0.2, 0.25) is 0 Å². The van der Waals surface area contributed by atoms with Crippen molar-refractivity contribution in [3.63, 3.8) is 0 Å². The molecule has 0 aliphatic carbocycles. The summed E-state index contributed by atoms with van der Waals surface area (Å²) in [5, 5.41) is 9.80. The number of fused-ring (bicyclic) bond motifs is 2. The smallest absolute Gasteiger partial charge is 0.334 e. The fraction of sp³-hybridized carbons (Fsp3) is 0.846. The van der Waals surface area contributed by atoms with Gasteiger partial charge in [0.2, 0.25) is 0 Å². The summed E-state index contributed by atoms with van der Waals surface area (Å²) in [6.45, 7) is -0.394. The molecule has 1 saturated heterocycles. The van der Waals surface area contributed by atoms with Gasteiger partial charge in [-0.25, -0.2) is 4.79 Å². The lowest BCUT2D eigenvalue weighted by atomic mass is 9.98. The number of esters is 2. The molecule has 0 saturated carbocycles. The SMILES string of the molecule is O=C1CCCCCCCCCCCCCCCCCC/C=C2\CC(CO)(CO1)OC2=O. The third-order valence-corrected chi connectivity index (χ3v) is 6.59. The lowest BCUT2D eigenvalue weighted by Gasteiger charge is -2.24. The van der Waals surface area contributed by atoms with Gasteiger partial charge >= 0.3 is 11.9 Å². The Hall–Kier alpha value is -1.36. The number of aliphatic hydroxyl groups is 1. The van der Waals surface area contributed by atoms with Crippen LogP contribution in [-0.4, -0.2) is 35.9 Å². The fourth-order valence-corrected chi connectivity index (χ4v) is 4.54. The van der Waals surface area contributed by atoms with Gasteiger partial charge in [0.15, 0.2) is 5.60 Å². The van der Waals surface area contributed by atoms with Gasteiger partial charge in [0.1, 0.15) is 6.61 Å². The second-order valence-electron chi connectivity index (χ2n) is 9.49. The van der Waals surface area contributed by atoms with Gasteiger partial charge in [0.25, 0.3) is 0 Å². The number of carbonyl (C=O) groups is 2. The van der Waals surface area contributed by atoms with Gasteiger partial charge in [-0.2, -0.15) is 0 Å². The van der Waals surface area contributed by atoms with Crippen molar-refractivity contribution < 1.29 is 24.2 Å². The first-order valence-electron chi connectivity index (χ1n) is 12.8. The van der Waals surface area contributed by atoms with Crippen LogP contribution < -0.4 is 0 Å². The Balaban J connectivity index is 1.80. The van der Waals surface area contributed by atoms with E-state index in [9.17, 15) is 14.7 Å². The predicted octanol–water partition coefficient (Wildman–Crippen LogP) is 6.17. The molecule has 0 aromatic heterocycles. The zero-order chi connectivity index (χ0) is 22.2. The molecule has 0 aromatic carbocycles. The molecule has 0 amide bonds. The van der Waals surface area contributed by atoms with Gasteiger partial charge in [-0.15, -0.1) is 0 Å². The third-order valence-electron chi connectivity index (χ3n) is 6.59. The molecule has 2 rings (SSSR count). The minimum Gasteiger partial charge on any atom is -0.461 e. The van der Waals surface area contributed by atoms with E-state index in [0.717, 1.165) is 25.7 Å². The summed E-state index contributed by atoms with van der Waals surface area (Å²) in [7, 11) is 0. The largest absolute Gasteiger partial charge is 0.461 e. The number of aliphatic hydroxyl groups excluding tert-OH is 1. The molecular weight excluding hydrogens is 392 g/mol. The van der Waals surface area contributed by atoms with Gasteiger partial charge < -0.3 is 14.6 Å². The molecule has 1 fully saturated rings. The minimum absolute atomic E-state index is 0.0641. The Morgan fingerprint density at radius 1 is 0.742 bits per heavy atom. The van der Waals surface area contributed by atoms with Gasteiger partial charge in [-0.3, -0.25) is 4.79 Å². The molecule has 2 heterocycles. The standard InChI is InChI=1S/C26H44O5/c27-21-26-20-23(25(29)31-26)18-16-14-12-10-8-6-4-2-1-3-5-7-9-11-13-15-17-19-24(28)30-22-26/h18,27H,1-17,19-22H2/b23-18+. The number of rotatable bonds is 1. The highest BCUT2D eigenvalue weighted by Crippen LogP contribution is 2.31. The number of hydrogen-bond acceptors (Lipinski definition) is 5. The first-order valence-corrected chi connectivity index (χ1v) is 12.8. The predicted molar refractivity (Wildman–Crippen MR) is 123 cm³/mol. The first-order chi connectivity index (χ1) is 15.2. The lowest BCUT2D eigenvalue weighted by molar-refractivity contribution is -0.166. The highest BCUT2D eigenvalue weighted by molar-refractivity contribution is 5.91. The van der Waals surface area contributed by atoms with Gasteiger partial charge in [-0.1, -0.05) is 96.0 Å². The normalized spacial score (nSPS) is 29.0. The molecular formula is C26H44O5. The van der Waals surface area contributed by atoms with Crippen molar-refractivity contribution in [2.24, 2.45) is 0 Å². The molecule has 1 N–H and O–H groups in total. The van der Waals surface area contributed by atoms with Gasteiger partial charge in [0.05, 0.1) is 6.61 Å². The van der Waals surface area contributed by atoms with Gasteiger partial charge in [-0.05, 0) is 19.3 Å². The Bertz CT molecular complexity index is 556. The van der Waals surface area contributed by atoms with Crippen molar-refractivity contribution in [3.8, 4) is 0 Å². The number of cyclic esters (lactones) is 1. The van der Waals surface area contributed by atoms with Crippen molar-refractivity contribution in [1.29, 1.82) is 0 Å². The summed E-state index contributed by atoms with van der Waals surface area (Å²) in [5.41, 5.74) is -0.499. The summed E-state index contributed by atoms with van der Waals surface area (Å²) in [6, 6.07) is 0. The van der Waals surface area contributed by atoms with E-state index in [4.69, 9.17) is 9.47 Å². The molecule has 2 bridgehead atoms. The first kappa shape index (κ1) is 25.9. The highest BCUT2D eigenvalue weighted by atomic mass is 16.6. The Morgan fingerprint density at radius 3 is 1.74 bits per heavy atom. The van der Waals surface area contributed by atoms with Crippen molar-refractivity contribution >= 4 is 11.9 Å². The average molecular weight is 437 g/mol. The lowest BCUT2D eigenvalue weighted by Crippen LogP contribution is -2.39. The molecule has 0 spiro atoms. The van der Waals surface area contributed by atoms with Crippen LogP contribution in [0.25, 0.3) is 0 Å². The van der Waals surface area contributed by atoms with E-state index in [1.54, 1.807) is 0 Å². The van der Waals surface area contributed by atoms with Crippen LogP contribution in [0.5, 0.6) is 0 Å². The zero-order valence-corrected chi connectivity index (χ0v) is 19.5. The molecule has 2 aliphatic rings. The van der Waals surface area contributed by atoms with E-state index in [2.05, 4.69) is 0 Å². The Labute approximate surface area is 189 Å². The van der Waals surface area contributed by atoms with Crippen LogP contribution in [0, 0.1) is 0 Å². The Kier molecular flexibility index (Phi) is 12.9. The van der Waals surface area contributed by atoms with Crippen LogP contribution in [-0.2, 0) is 19.1 Å². The van der Waals surface area contributed by atoms with E-state index < -0.39 is 5.60 Å². The fourth-order valence-electron chi connectivity index (χ4n) is 4.54. The quantitative estimate of drug-likeness (QED) is 0.498. The van der Waals surface area contributed by atoms with Crippen molar-refractivity contribution in [2.75, 3.05) is 13.2 Å². The molecule has 31 heavy (non-hydrogen) atoms. The van der Waals surface area contributed by atoms with Crippen molar-refractivity contribution in [1.82, 2.24) is 0 Å². The van der Waals surface area contributed by atoms with Crippen LogP contribution in [0.1, 0.15) is 122 Å². The van der Waals surface area contributed by atoms with E-state index in [0.29, 0.717) is 18.4 Å². The Morgan fingerprint density at radius 2 is 1.23 bits per heavy atom. The summed E-state index contributed by atoms with van der Waals surface area (Å²) < 4.78 is 10.8. The summed E-state index contributed by atoms with van der Waals surface area (Å²) >= 11 is 0. The highest BCUT2D eigenvalue weighted by Gasteiger charge is 2.44. The molecule has 1 unspecified atom stereocenters. The molecule has 0 radical (unpaired) electrons. The third kappa shape index (κ3) is 10.7. The monoisotopic (exact) mass is 436 g/mol. The van der Waals surface area contributed by atoms with Gasteiger partial charge in [0, 0.05) is 18.4 Å². The van der Waals surface area contributed by atoms with E-state index >= 15 is 0 Å². The number of hydrogen-bond donors (Lipinski definition) is 1. The van der Waals surface area contributed by atoms with Crippen molar-refractivity contribution in [2.45, 2.75) is 128 Å². The maximum absolute atomic E-state index is 12.2. The van der Waals surface area contributed by atoms with E-state index in [1.165, 1.54) is 83.5 Å². The molecule has 2 aliphatic heterocycles.